The molecule has 1 nitrogen and oxygen atoms in total. The van der Waals surface area contributed by atoms with Gasteiger partial charge in [0.2, 0.25) is 0 Å². The highest BCUT2D eigenvalue weighted by atomic mass is 79.9. The van der Waals surface area contributed by atoms with Crippen LogP contribution in [0.1, 0.15) is 17.2 Å². The molecule has 0 aliphatic carbocycles. The van der Waals surface area contributed by atoms with Gasteiger partial charge < -0.3 is 5.73 Å². The zero-order chi connectivity index (χ0) is 12.6. The lowest BCUT2D eigenvalue weighted by Crippen LogP contribution is -2.12. The van der Waals surface area contributed by atoms with Gasteiger partial charge in [-0.1, -0.05) is 15.9 Å². The number of nitrogens with two attached hydrogens (primary N) is 1. The van der Waals surface area contributed by atoms with Crippen LogP contribution in [0.4, 0.5) is 4.39 Å². The van der Waals surface area contributed by atoms with E-state index in [-0.39, 0.29) is 11.9 Å². The van der Waals surface area contributed by atoms with E-state index in [1.54, 1.807) is 17.4 Å². The summed E-state index contributed by atoms with van der Waals surface area (Å²) in [4.78, 5) is 0. The lowest BCUT2D eigenvalue weighted by molar-refractivity contribution is 0.623. The van der Waals surface area contributed by atoms with Crippen molar-refractivity contribution in [2.45, 2.75) is 6.04 Å². The maximum atomic E-state index is 13.2. The van der Waals surface area contributed by atoms with Crippen molar-refractivity contribution in [3.05, 3.63) is 53.3 Å². The first kappa shape index (κ1) is 13.7. The summed E-state index contributed by atoms with van der Waals surface area (Å²) in [5.41, 5.74) is 7.83. The topological polar surface area (TPSA) is 26.0 Å². The normalized spacial score (nSPS) is 12.8. The fraction of sp³-hybridized carbons (Fsp3) is 0.0909. The van der Waals surface area contributed by atoms with Crippen LogP contribution >= 0.6 is 59.1 Å². The molecule has 0 bridgehead atoms. The van der Waals surface area contributed by atoms with E-state index in [0.717, 1.165) is 23.2 Å². The fourth-order valence-electron chi connectivity index (χ4n) is 1.49. The largest absolute Gasteiger partial charge is 0.320 e. The molecule has 17 heavy (non-hydrogen) atoms. The van der Waals surface area contributed by atoms with Crippen molar-refractivity contribution in [1.29, 1.82) is 0 Å². The molecule has 0 spiro atoms. The van der Waals surface area contributed by atoms with Gasteiger partial charge in [-0.15, -0.1) is 11.3 Å². The van der Waals surface area contributed by atoms with E-state index in [1.165, 1.54) is 12.1 Å². The number of halogens is 4. The third-order valence-corrected chi connectivity index (χ3v) is 5.42. The highest BCUT2D eigenvalue weighted by molar-refractivity contribution is 9.12. The second-order valence-electron chi connectivity index (χ2n) is 3.42. The van der Waals surface area contributed by atoms with Crippen LogP contribution in [0, 0.1) is 5.82 Å². The summed E-state index contributed by atoms with van der Waals surface area (Å²) in [6.45, 7) is 0. The Labute approximate surface area is 128 Å². The van der Waals surface area contributed by atoms with Crippen LogP contribution < -0.4 is 5.73 Å². The molecular formula is C11H7Br3FNS. The maximum absolute atomic E-state index is 13.2. The van der Waals surface area contributed by atoms with Gasteiger partial charge in [0.25, 0.3) is 0 Å². The molecule has 0 aliphatic rings. The Bertz CT molecular complexity index is 556. The first-order chi connectivity index (χ1) is 7.99. The molecule has 0 saturated carbocycles. The average molecular weight is 444 g/mol. The zero-order valence-corrected chi connectivity index (χ0v) is 14.0. The lowest BCUT2D eigenvalue weighted by atomic mass is 10.0. The summed E-state index contributed by atoms with van der Waals surface area (Å²) in [5, 5.41) is 0. The minimum Gasteiger partial charge on any atom is -0.320 e. The van der Waals surface area contributed by atoms with Crippen LogP contribution in [0.5, 0.6) is 0 Å². The number of benzene rings is 1. The van der Waals surface area contributed by atoms with Crippen LogP contribution in [0.15, 0.2) is 36.3 Å². The Morgan fingerprint density at radius 3 is 2.41 bits per heavy atom. The minimum absolute atomic E-state index is 0.288. The van der Waals surface area contributed by atoms with Gasteiger partial charge in [-0.3, -0.25) is 0 Å². The van der Waals surface area contributed by atoms with Crippen LogP contribution in [-0.2, 0) is 0 Å². The van der Waals surface area contributed by atoms with Crippen molar-refractivity contribution in [2.75, 3.05) is 0 Å². The van der Waals surface area contributed by atoms with Crippen LogP contribution in [-0.4, -0.2) is 0 Å². The highest BCUT2D eigenvalue weighted by Crippen LogP contribution is 2.38. The molecular weight excluding hydrogens is 437 g/mol. The van der Waals surface area contributed by atoms with Crippen molar-refractivity contribution in [3.8, 4) is 0 Å². The Hall–Kier alpha value is 0.250. The summed E-state index contributed by atoms with van der Waals surface area (Å²) in [6, 6.07) is 6.10. The van der Waals surface area contributed by atoms with Gasteiger partial charge in [0.1, 0.15) is 5.82 Å². The molecule has 1 aromatic heterocycles. The predicted octanol–water partition coefficient (Wildman–Crippen LogP) is 5.22. The second-order valence-corrected chi connectivity index (χ2v) is 8.03. The van der Waals surface area contributed by atoms with E-state index < -0.39 is 0 Å². The predicted molar refractivity (Wildman–Crippen MR) is 79.8 cm³/mol. The molecule has 1 heterocycles. The van der Waals surface area contributed by atoms with Crippen molar-refractivity contribution in [3.63, 3.8) is 0 Å². The van der Waals surface area contributed by atoms with Gasteiger partial charge in [0, 0.05) is 4.47 Å². The smallest absolute Gasteiger partial charge is 0.123 e. The number of hydrogen-bond acceptors (Lipinski definition) is 2. The van der Waals surface area contributed by atoms with Gasteiger partial charge in [-0.05, 0) is 67.3 Å². The van der Waals surface area contributed by atoms with Crippen LogP contribution in [0.2, 0.25) is 0 Å². The zero-order valence-electron chi connectivity index (χ0n) is 8.38. The number of hydrogen-bond donors (Lipinski definition) is 1. The molecule has 90 valence electrons. The van der Waals surface area contributed by atoms with E-state index in [9.17, 15) is 4.39 Å². The van der Waals surface area contributed by atoms with Crippen molar-refractivity contribution in [1.82, 2.24) is 0 Å². The van der Waals surface area contributed by atoms with E-state index in [2.05, 4.69) is 47.8 Å². The molecule has 2 rings (SSSR count). The molecule has 2 aromatic rings. The summed E-state index contributed by atoms with van der Waals surface area (Å²) in [7, 11) is 0. The van der Waals surface area contributed by atoms with Crippen molar-refractivity contribution in [2.24, 2.45) is 5.73 Å². The van der Waals surface area contributed by atoms with Gasteiger partial charge in [0.15, 0.2) is 0 Å². The van der Waals surface area contributed by atoms with E-state index in [1.807, 2.05) is 6.07 Å². The van der Waals surface area contributed by atoms with E-state index in [4.69, 9.17) is 5.73 Å². The SMILES string of the molecule is NC(c1cc(F)ccc1Br)c1cc(Br)sc1Br. The third kappa shape index (κ3) is 2.98. The summed E-state index contributed by atoms with van der Waals surface area (Å²) < 4.78 is 16.0. The van der Waals surface area contributed by atoms with Gasteiger partial charge in [0.05, 0.1) is 13.6 Å². The molecule has 0 aliphatic heterocycles. The fourth-order valence-corrected chi connectivity index (χ4v) is 4.91. The molecule has 1 unspecified atom stereocenters. The maximum Gasteiger partial charge on any atom is 0.123 e. The minimum atomic E-state index is -0.364. The van der Waals surface area contributed by atoms with Gasteiger partial charge in [-0.2, -0.15) is 0 Å². The number of rotatable bonds is 2. The second kappa shape index (κ2) is 5.48. The first-order valence-electron chi connectivity index (χ1n) is 4.64. The van der Waals surface area contributed by atoms with Crippen LogP contribution in [0.25, 0.3) is 0 Å². The molecule has 6 heteroatoms. The molecule has 0 fully saturated rings. The third-order valence-electron chi connectivity index (χ3n) is 2.31. The molecule has 0 saturated heterocycles. The monoisotopic (exact) mass is 441 g/mol. The molecule has 1 atom stereocenters. The lowest BCUT2D eigenvalue weighted by Gasteiger charge is -2.13. The van der Waals surface area contributed by atoms with E-state index >= 15 is 0 Å². The molecule has 0 radical (unpaired) electrons. The quantitative estimate of drug-likeness (QED) is 0.676. The van der Waals surface area contributed by atoms with Gasteiger partial charge >= 0.3 is 0 Å². The summed E-state index contributed by atoms with van der Waals surface area (Å²) in [5.74, 6) is -0.288. The Morgan fingerprint density at radius 1 is 1.12 bits per heavy atom. The number of thiophene rings is 1. The first-order valence-corrected chi connectivity index (χ1v) is 7.84. The Kier molecular flexibility index (Phi) is 4.41. The summed E-state index contributed by atoms with van der Waals surface area (Å²) >= 11 is 11.8. The van der Waals surface area contributed by atoms with E-state index in [0.29, 0.717) is 0 Å². The standard InChI is InChI=1S/C11H7Br3FNS/c12-8-2-1-5(15)3-6(8)10(16)7-4-9(13)17-11(7)14/h1-4,10H,16H2. The van der Waals surface area contributed by atoms with Crippen molar-refractivity contribution >= 4 is 59.1 Å². The molecule has 0 amide bonds. The highest BCUT2D eigenvalue weighted by Gasteiger charge is 2.18. The average Bonchev–Trinajstić information content (AvgIpc) is 2.60. The summed E-state index contributed by atoms with van der Waals surface area (Å²) in [6.07, 6.45) is 0. The Morgan fingerprint density at radius 2 is 1.82 bits per heavy atom. The Balaban J connectivity index is 2.46. The molecule has 1 aromatic carbocycles. The molecule has 2 N–H and O–H groups in total. The van der Waals surface area contributed by atoms with Crippen molar-refractivity contribution < 1.29 is 4.39 Å². The van der Waals surface area contributed by atoms with Crippen LogP contribution in [0.3, 0.4) is 0 Å². The van der Waals surface area contributed by atoms with Gasteiger partial charge in [-0.25, -0.2) is 4.39 Å².